The van der Waals surface area contributed by atoms with Gasteiger partial charge in [0.1, 0.15) is 24.7 Å². The minimum absolute atomic E-state index is 0.229. The van der Waals surface area contributed by atoms with Gasteiger partial charge in [-0.05, 0) is 40.8 Å². The van der Waals surface area contributed by atoms with Crippen molar-refractivity contribution in [1.29, 1.82) is 0 Å². The van der Waals surface area contributed by atoms with E-state index >= 15 is 0 Å². The molecule has 0 N–H and O–H groups in total. The molecule has 0 saturated heterocycles. The van der Waals surface area contributed by atoms with E-state index in [1.807, 2.05) is 12.1 Å². The van der Waals surface area contributed by atoms with E-state index < -0.39 is 4.92 Å². The number of rotatable bonds is 5. The lowest BCUT2D eigenvalue weighted by Gasteiger charge is -2.22. The van der Waals surface area contributed by atoms with Crippen LogP contribution in [0, 0.1) is 15.9 Å². The molecule has 0 unspecified atom stereocenters. The molecule has 138 valence electrons. The third-order valence-corrected chi connectivity index (χ3v) is 4.16. The Kier molecular flexibility index (Phi) is 4.51. The van der Waals surface area contributed by atoms with Gasteiger partial charge in [0.25, 0.3) is 0 Å². The molecule has 1 aromatic carbocycles. The molecule has 1 aliphatic heterocycles. The molecular formula is C18H15FN4O4. The Morgan fingerprint density at radius 2 is 2.11 bits per heavy atom. The zero-order chi connectivity index (χ0) is 18.8. The van der Waals surface area contributed by atoms with Crippen LogP contribution in [0.2, 0.25) is 0 Å². The van der Waals surface area contributed by atoms with Gasteiger partial charge in [0.2, 0.25) is 0 Å². The Morgan fingerprint density at radius 3 is 2.81 bits per heavy atom. The summed E-state index contributed by atoms with van der Waals surface area (Å²) in [4.78, 5) is 18.4. The fourth-order valence-corrected chi connectivity index (χ4v) is 2.78. The zero-order valence-corrected chi connectivity index (χ0v) is 14.1. The van der Waals surface area contributed by atoms with E-state index in [1.54, 1.807) is 22.9 Å². The number of ether oxygens (including phenoxy) is 2. The van der Waals surface area contributed by atoms with Crippen molar-refractivity contribution in [3.05, 3.63) is 70.3 Å². The Bertz CT molecular complexity index is 956. The normalized spacial score (nSPS) is 15.8. The van der Waals surface area contributed by atoms with E-state index in [2.05, 4.69) is 9.97 Å². The lowest BCUT2D eigenvalue weighted by atomic mass is 10.1. The highest BCUT2D eigenvalue weighted by Crippen LogP contribution is 2.23. The minimum atomic E-state index is -0.557. The molecule has 0 aliphatic carbocycles. The largest absolute Gasteiger partial charge is 0.443 e. The predicted octanol–water partition coefficient (Wildman–Crippen LogP) is 2.97. The number of fused-ring (bicyclic) bond motifs is 1. The maximum atomic E-state index is 13.0. The molecule has 1 atom stereocenters. The highest BCUT2D eigenvalue weighted by Gasteiger charge is 2.28. The molecule has 9 heteroatoms. The molecule has 4 rings (SSSR count). The van der Waals surface area contributed by atoms with Crippen molar-refractivity contribution in [3.8, 4) is 17.3 Å². The van der Waals surface area contributed by atoms with E-state index in [0.717, 1.165) is 16.8 Å². The average Bonchev–Trinajstić information content (AvgIpc) is 3.11. The van der Waals surface area contributed by atoms with Crippen molar-refractivity contribution in [1.82, 2.24) is 14.5 Å². The third-order valence-electron chi connectivity index (χ3n) is 4.16. The number of nitrogens with zero attached hydrogens (tertiary/aromatic N) is 4. The Labute approximate surface area is 153 Å². The van der Waals surface area contributed by atoms with Gasteiger partial charge >= 0.3 is 11.8 Å². The first kappa shape index (κ1) is 17.1. The van der Waals surface area contributed by atoms with Crippen molar-refractivity contribution >= 4 is 5.82 Å². The quantitative estimate of drug-likeness (QED) is 0.506. The Morgan fingerprint density at radius 1 is 1.30 bits per heavy atom. The fourth-order valence-electron chi connectivity index (χ4n) is 2.78. The van der Waals surface area contributed by atoms with Gasteiger partial charge in [-0.15, -0.1) is 0 Å². The van der Waals surface area contributed by atoms with Crippen LogP contribution in [0.1, 0.15) is 5.56 Å². The number of halogens is 1. The van der Waals surface area contributed by atoms with Crippen LogP contribution < -0.4 is 4.74 Å². The third kappa shape index (κ3) is 3.77. The van der Waals surface area contributed by atoms with Crippen molar-refractivity contribution in [2.24, 2.45) is 0 Å². The van der Waals surface area contributed by atoms with Gasteiger partial charge in [-0.3, -0.25) is 9.55 Å². The van der Waals surface area contributed by atoms with Crippen LogP contribution in [0.5, 0.6) is 6.01 Å². The molecular weight excluding hydrogens is 355 g/mol. The first-order valence-electron chi connectivity index (χ1n) is 8.25. The second kappa shape index (κ2) is 7.12. The van der Waals surface area contributed by atoms with Gasteiger partial charge in [0.15, 0.2) is 0 Å². The summed E-state index contributed by atoms with van der Waals surface area (Å²) in [6, 6.07) is 10.1. The summed E-state index contributed by atoms with van der Waals surface area (Å²) >= 11 is 0. The number of hydrogen-bond donors (Lipinski definition) is 0. The Hall–Kier alpha value is -3.33. The second-order valence-electron chi connectivity index (χ2n) is 6.09. The Balaban J connectivity index is 1.36. The van der Waals surface area contributed by atoms with Crippen molar-refractivity contribution < 1.29 is 18.8 Å². The molecule has 3 heterocycles. The molecule has 0 bridgehead atoms. The summed E-state index contributed by atoms with van der Waals surface area (Å²) in [5.41, 5.74) is 2.46. The average molecular weight is 370 g/mol. The summed E-state index contributed by atoms with van der Waals surface area (Å²) in [7, 11) is 0. The summed E-state index contributed by atoms with van der Waals surface area (Å²) in [5.74, 6) is -0.531. The monoisotopic (exact) mass is 370 g/mol. The SMILES string of the molecule is O=[N+]([O-])c1cn2c(n1)OC[C@@H](OCc1ccc(-c3ccc(F)cc3)nc1)C2. The number of imidazole rings is 1. The highest BCUT2D eigenvalue weighted by molar-refractivity contribution is 5.58. The van der Waals surface area contributed by atoms with Crippen LogP contribution in [-0.2, 0) is 17.9 Å². The first-order valence-corrected chi connectivity index (χ1v) is 8.25. The van der Waals surface area contributed by atoms with Crippen LogP contribution in [-0.4, -0.2) is 32.2 Å². The van der Waals surface area contributed by atoms with Crippen molar-refractivity contribution in [3.63, 3.8) is 0 Å². The molecule has 0 saturated carbocycles. The van der Waals surface area contributed by atoms with E-state index in [-0.39, 0.29) is 30.4 Å². The lowest BCUT2D eigenvalue weighted by molar-refractivity contribution is -0.389. The maximum absolute atomic E-state index is 13.0. The molecule has 0 fully saturated rings. The van der Waals surface area contributed by atoms with Crippen molar-refractivity contribution in [2.75, 3.05) is 6.61 Å². The predicted molar refractivity (Wildman–Crippen MR) is 92.6 cm³/mol. The van der Waals surface area contributed by atoms with Crippen LogP contribution in [0.4, 0.5) is 10.2 Å². The smallest absolute Gasteiger partial charge is 0.414 e. The standard InChI is InChI=1S/C18H15FN4O4/c19-14-4-2-13(3-5-14)16-6-1-12(7-20-16)10-26-15-8-22-9-17(23(24)25)21-18(22)27-11-15/h1-7,9,15H,8,10-11H2/t15-/m0/s1. The topological polar surface area (TPSA) is 92.3 Å². The van der Waals surface area contributed by atoms with Gasteiger partial charge in [0, 0.05) is 16.7 Å². The van der Waals surface area contributed by atoms with Crippen LogP contribution >= 0.6 is 0 Å². The number of pyridine rings is 1. The maximum Gasteiger partial charge on any atom is 0.414 e. The summed E-state index contributed by atoms with van der Waals surface area (Å²) in [6.45, 7) is 1.03. The summed E-state index contributed by atoms with van der Waals surface area (Å²) in [6.07, 6.45) is 2.79. The fraction of sp³-hybridized carbons (Fsp3) is 0.222. The second-order valence-corrected chi connectivity index (χ2v) is 6.09. The van der Waals surface area contributed by atoms with E-state index in [9.17, 15) is 14.5 Å². The molecule has 0 spiro atoms. The van der Waals surface area contributed by atoms with Crippen LogP contribution in [0.15, 0.2) is 48.8 Å². The zero-order valence-electron chi connectivity index (χ0n) is 14.1. The van der Waals surface area contributed by atoms with Gasteiger partial charge in [-0.25, -0.2) is 4.39 Å². The van der Waals surface area contributed by atoms with Gasteiger partial charge in [-0.2, -0.15) is 0 Å². The molecule has 0 radical (unpaired) electrons. The van der Waals surface area contributed by atoms with E-state index in [1.165, 1.54) is 18.3 Å². The van der Waals surface area contributed by atoms with Crippen LogP contribution in [0.3, 0.4) is 0 Å². The molecule has 0 amide bonds. The molecule has 27 heavy (non-hydrogen) atoms. The van der Waals surface area contributed by atoms with Gasteiger partial charge in [-0.1, -0.05) is 6.07 Å². The number of nitro groups is 1. The van der Waals surface area contributed by atoms with Crippen molar-refractivity contribution in [2.45, 2.75) is 19.3 Å². The lowest BCUT2D eigenvalue weighted by Crippen LogP contribution is -2.32. The molecule has 2 aromatic heterocycles. The van der Waals surface area contributed by atoms with Crippen LogP contribution in [0.25, 0.3) is 11.3 Å². The first-order chi connectivity index (χ1) is 13.1. The summed E-state index contributed by atoms with van der Waals surface area (Å²) < 4.78 is 25.8. The summed E-state index contributed by atoms with van der Waals surface area (Å²) in [5, 5.41) is 10.8. The van der Waals surface area contributed by atoms with Gasteiger partial charge in [0.05, 0.1) is 18.8 Å². The highest BCUT2D eigenvalue weighted by atomic mass is 19.1. The molecule has 3 aromatic rings. The van der Waals surface area contributed by atoms with E-state index in [0.29, 0.717) is 13.2 Å². The molecule has 1 aliphatic rings. The minimum Gasteiger partial charge on any atom is -0.443 e. The number of aromatic nitrogens is 3. The number of benzene rings is 1. The molecule has 8 nitrogen and oxygen atoms in total. The number of hydrogen-bond acceptors (Lipinski definition) is 6. The van der Waals surface area contributed by atoms with Gasteiger partial charge < -0.3 is 19.6 Å². The van der Waals surface area contributed by atoms with E-state index in [4.69, 9.17) is 9.47 Å².